The van der Waals surface area contributed by atoms with E-state index in [-0.39, 0.29) is 0 Å². The molecule has 0 bridgehead atoms. The van der Waals surface area contributed by atoms with Crippen molar-refractivity contribution < 1.29 is 0 Å². The second-order valence-corrected chi connectivity index (χ2v) is 16.3. The van der Waals surface area contributed by atoms with Gasteiger partial charge in [-0.2, -0.15) is 0 Å². The van der Waals surface area contributed by atoms with Gasteiger partial charge in [-0.25, -0.2) is 0 Å². The SMILES string of the molecule is Cc1cc(-c2ccc(N(C=C(c3ccccc3)c3ccccc3)c3cccc4ccccc34)c(C)c2)ccc1N(C=C(c1ccccc1)c1ccccc1)c1cccc2ccccc12. The number of hydrogen-bond donors (Lipinski definition) is 0. The highest BCUT2D eigenvalue weighted by atomic mass is 15.1. The van der Waals surface area contributed by atoms with Gasteiger partial charge in [0, 0.05) is 45.7 Å². The minimum absolute atomic E-state index is 1.12. The van der Waals surface area contributed by atoms with Gasteiger partial charge in [-0.05, 0) is 106 Å². The molecule has 0 aromatic heterocycles. The monoisotopic (exact) mass is 820 g/mol. The van der Waals surface area contributed by atoms with Crippen LogP contribution in [0.4, 0.5) is 22.7 Å². The lowest BCUT2D eigenvalue weighted by atomic mass is 9.96. The van der Waals surface area contributed by atoms with Gasteiger partial charge in [0.05, 0.1) is 11.4 Å². The lowest BCUT2D eigenvalue weighted by Gasteiger charge is -2.27. The molecule has 0 saturated heterocycles. The highest BCUT2D eigenvalue weighted by Crippen LogP contribution is 2.41. The molecule has 0 atom stereocenters. The van der Waals surface area contributed by atoms with Gasteiger partial charge in [-0.3, -0.25) is 0 Å². The Morgan fingerprint density at radius 3 is 0.953 bits per heavy atom. The molecule has 0 N–H and O–H groups in total. The molecule has 0 aliphatic rings. The molecule has 10 aromatic carbocycles. The zero-order valence-corrected chi connectivity index (χ0v) is 36.1. The van der Waals surface area contributed by atoms with Crippen LogP contribution in [0.3, 0.4) is 0 Å². The standard InChI is InChI=1S/C62H48N2/c1-45-41-53(37-39-59(45)63(61-35-19-31-47-29-15-17-33-55(47)61)43-57(49-21-7-3-8-22-49)50-23-9-4-10-24-50)54-38-40-60(46(2)42-54)64(62-36-20-32-48-30-16-18-34-56(48)62)44-58(51-25-11-5-12-26-51)52-27-13-6-14-28-52/h3-44H,1-2H3. The Hall–Kier alpha value is -8.20. The molecule has 0 heterocycles. The minimum atomic E-state index is 1.12. The van der Waals surface area contributed by atoms with Crippen molar-refractivity contribution in [1.29, 1.82) is 0 Å². The Labute approximate surface area is 377 Å². The van der Waals surface area contributed by atoms with Crippen LogP contribution in [0.1, 0.15) is 33.4 Å². The van der Waals surface area contributed by atoms with Crippen molar-refractivity contribution in [3.05, 3.63) is 288 Å². The highest BCUT2D eigenvalue weighted by Gasteiger charge is 2.19. The molecular formula is C62H48N2. The number of hydrogen-bond acceptors (Lipinski definition) is 2. The third kappa shape index (κ3) is 8.13. The molecule has 0 unspecified atom stereocenters. The normalized spacial score (nSPS) is 11.0. The van der Waals surface area contributed by atoms with Gasteiger partial charge in [0.25, 0.3) is 0 Å². The number of nitrogens with zero attached hydrogens (tertiary/aromatic N) is 2. The quantitative estimate of drug-likeness (QED) is 0.128. The molecule has 306 valence electrons. The smallest absolute Gasteiger partial charge is 0.0534 e. The first-order chi connectivity index (χ1) is 31.6. The van der Waals surface area contributed by atoms with E-state index in [4.69, 9.17) is 0 Å². The van der Waals surface area contributed by atoms with Crippen molar-refractivity contribution in [2.24, 2.45) is 0 Å². The summed E-state index contributed by atoms with van der Waals surface area (Å²) in [7, 11) is 0. The van der Waals surface area contributed by atoms with E-state index in [1.165, 1.54) is 43.8 Å². The summed E-state index contributed by atoms with van der Waals surface area (Å²) in [6.45, 7) is 4.47. The number of fused-ring (bicyclic) bond motifs is 2. The van der Waals surface area contributed by atoms with Gasteiger partial charge < -0.3 is 9.80 Å². The van der Waals surface area contributed by atoms with Crippen molar-refractivity contribution in [2.75, 3.05) is 9.80 Å². The predicted molar refractivity (Wildman–Crippen MR) is 273 cm³/mol. The first-order valence-electron chi connectivity index (χ1n) is 22.0. The Bertz CT molecular complexity index is 2960. The molecule has 2 nitrogen and oxygen atoms in total. The van der Waals surface area contributed by atoms with Crippen LogP contribution in [0, 0.1) is 13.8 Å². The third-order valence-electron chi connectivity index (χ3n) is 12.2. The average molecular weight is 821 g/mol. The van der Waals surface area contributed by atoms with Crippen molar-refractivity contribution in [3.8, 4) is 11.1 Å². The molecule has 2 heteroatoms. The molecule has 0 radical (unpaired) electrons. The van der Waals surface area contributed by atoms with Crippen LogP contribution in [0.25, 0.3) is 43.8 Å². The summed E-state index contributed by atoms with van der Waals surface area (Å²) in [6.07, 6.45) is 4.64. The number of anilines is 4. The molecule has 0 saturated carbocycles. The fourth-order valence-corrected chi connectivity index (χ4v) is 8.95. The Balaban J connectivity index is 1.10. The Kier molecular flexibility index (Phi) is 11.2. The van der Waals surface area contributed by atoms with Gasteiger partial charge in [0.1, 0.15) is 0 Å². The van der Waals surface area contributed by atoms with Crippen molar-refractivity contribution >= 4 is 55.4 Å². The second-order valence-electron chi connectivity index (χ2n) is 16.3. The molecule has 0 fully saturated rings. The summed E-state index contributed by atoms with van der Waals surface area (Å²) in [5.41, 5.74) is 16.2. The van der Waals surface area contributed by atoms with E-state index in [1.807, 2.05) is 0 Å². The maximum absolute atomic E-state index is 2.39. The first kappa shape index (κ1) is 39.9. The maximum atomic E-state index is 2.39. The van der Waals surface area contributed by atoms with Crippen LogP contribution >= 0.6 is 0 Å². The van der Waals surface area contributed by atoms with E-state index in [2.05, 4.69) is 279 Å². The second kappa shape index (κ2) is 18.0. The lowest BCUT2D eigenvalue weighted by molar-refractivity contribution is 1.25. The van der Waals surface area contributed by atoms with E-state index in [0.29, 0.717) is 0 Å². The summed E-state index contributed by atoms with van der Waals surface area (Å²) in [5.74, 6) is 0. The molecule has 0 aliphatic heterocycles. The zero-order chi connectivity index (χ0) is 43.2. The maximum Gasteiger partial charge on any atom is 0.0534 e. The highest BCUT2D eigenvalue weighted by molar-refractivity contribution is 6.00. The third-order valence-corrected chi connectivity index (χ3v) is 12.2. The first-order valence-corrected chi connectivity index (χ1v) is 22.0. The van der Waals surface area contributed by atoms with Gasteiger partial charge in [-0.15, -0.1) is 0 Å². The Morgan fingerprint density at radius 2 is 0.609 bits per heavy atom. The summed E-state index contributed by atoms with van der Waals surface area (Å²) < 4.78 is 0. The summed E-state index contributed by atoms with van der Waals surface area (Å²) in [4.78, 5) is 4.77. The number of benzene rings is 10. The molecule has 0 spiro atoms. The molecule has 0 aliphatic carbocycles. The van der Waals surface area contributed by atoms with E-state index in [0.717, 1.165) is 56.1 Å². The summed E-state index contributed by atoms with van der Waals surface area (Å²) in [5, 5.41) is 4.81. The van der Waals surface area contributed by atoms with Gasteiger partial charge in [-0.1, -0.05) is 206 Å². The van der Waals surface area contributed by atoms with Crippen LogP contribution in [0.5, 0.6) is 0 Å². The summed E-state index contributed by atoms with van der Waals surface area (Å²) >= 11 is 0. The van der Waals surface area contributed by atoms with Crippen LogP contribution in [0.15, 0.2) is 255 Å². The fraction of sp³-hybridized carbons (Fsp3) is 0.0323. The number of rotatable bonds is 11. The van der Waals surface area contributed by atoms with E-state index >= 15 is 0 Å². The molecule has 10 aromatic rings. The lowest BCUT2D eigenvalue weighted by Crippen LogP contribution is -2.13. The topological polar surface area (TPSA) is 6.48 Å². The molecule has 64 heavy (non-hydrogen) atoms. The van der Waals surface area contributed by atoms with Gasteiger partial charge >= 0.3 is 0 Å². The van der Waals surface area contributed by atoms with Crippen LogP contribution in [-0.2, 0) is 0 Å². The van der Waals surface area contributed by atoms with Crippen LogP contribution in [-0.4, -0.2) is 0 Å². The van der Waals surface area contributed by atoms with Gasteiger partial charge in [0.2, 0.25) is 0 Å². The van der Waals surface area contributed by atoms with E-state index in [9.17, 15) is 0 Å². The minimum Gasteiger partial charge on any atom is -0.316 e. The van der Waals surface area contributed by atoms with E-state index < -0.39 is 0 Å². The van der Waals surface area contributed by atoms with Crippen molar-refractivity contribution in [1.82, 2.24) is 0 Å². The fourth-order valence-electron chi connectivity index (χ4n) is 8.95. The molecule has 10 rings (SSSR count). The van der Waals surface area contributed by atoms with Gasteiger partial charge in [0.15, 0.2) is 0 Å². The van der Waals surface area contributed by atoms with Crippen LogP contribution < -0.4 is 9.80 Å². The summed E-state index contributed by atoms with van der Waals surface area (Å²) in [6, 6.07) is 87.1. The van der Waals surface area contributed by atoms with Crippen molar-refractivity contribution in [3.63, 3.8) is 0 Å². The molecular weight excluding hydrogens is 773 g/mol. The van der Waals surface area contributed by atoms with Crippen molar-refractivity contribution in [2.45, 2.75) is 13.8 Å². The van der Waals surface area contributed by atoms with Crippen LogP contribution in [0.2, 0.25) is 0 Å². The number of aryl methyl sites for hydroxylation is 2. The zero-order valence-electron chi connectivity index (χ0n) is 36.1. The van der Waals surface area contributed by atoms with E-state index in [1.54, 1.807) is 0 Å². The average Bonchev–Trinajstić information content (AvgIpc) is 3.36. The Morgan fingerprint density at radius 1 is 0.297 bits per heavy atom. The molecule has 0 amide bonds. The predicted octanol–water partition coefficient (Wildman–Crippen LogP) is 16.7. The largest absolute Gasteiger partial charge is 0.316 e.